The lowest BCUT2D eigenvalue weighted by Gasteiger charge is -1.96. The van der Waals surface area contributed by atoms with Gasteiger partial charge in [0.15, 0.2) is 0 Å². The van der Waals surface area contributed by atoms with Gasteiger partial charge in [0.05, 0.1) is 23.9 Å². The van der Waals surface area contributed by atoms with Gasteiger partial charge in [-0.1, -0.05) is 0 Å². The van der Waals surface area contributed by atoms with Gasteiger partial charge in [-0.05, 0) is 12.1 Å². The van der Waals surface area contributed by atoms with Crippen LogP contribution in [0.4, 0.5) is 0 Å². The number of nitrogens with zero attached hydrogens (tertiary/aromatic N) is 1. The zero-order chi connectivity index (χ0) is 9.26. The van der Waals surface area contributed by atoms with E-state index in [0.29, 0.717) is 0 Å². The van der Waals surface area contributed by atoms with Crippen LogP contribution in [0.2, 0.25) is 0 Å². The Morgan fingerprint density at radius 2 is 2.38 bits per heavy atom. The van der Waals surface area contributed by atoms with Crippen LogP contribution < -0.4 is 4.74 Å². The third-order valence-electron chi connectivity index (χ3n) is 1.77. The minimum absolute atomic E-state index is 0.00165. The number of fused-ring (bicyclic) bond motifs is 1. The monoisotopic (exact) mass is 195 g/mol. The van der Waals surface area contributed by atoms with E-state index >= 15 is 0 Å². The Labute approximate surface area is 79.6 Å². The first-order valence-corrected chi connectivity index (χ1v) is 4.69. The fraction of sp³-hybridized carbons (Fsp3) is 0.222. The average molecular weight is 195 g/mol. The molecule has 1 heterocycles. The molecule has 3 nitrogen and oxygen atoms in total. The summed E-state index contributed by atoms with van der Waals surface area (Å²) in [4.78, 5) is 4.23. The number of methoxy groups -OCH3 is 1. The number of thiazole rings is 1. The van der Waals surface area contributed by atoms with Crippen LogP contribution >= 0.6 is 11.3 Å². The van der Waals surface area contributed by atoms with Crippen LogP contribution in [0.3, 0.4) is 0 Å². The Morgan fingerprint density at radius 1 is 1.54 bits per heavy atom. The van der Waals surface area contributed by atoms with Crippen molar-refractivity contribution < 1.29 is 9.84 Å². The summed E-state index contributed by atoms with van der Waals surface area (Å²) in [7, 11) is 1.63. The molecule has 0 saturated heterocycles. The second-order valence-corrected chi connectivity index (χ2v) is 3.71. The summed E-state index contributed by atoms with van der Waals surface area (Å²) in [5.41, 5.74) is 0.883. The van der Waals surface area contributed by atoms with Gasteiger partial charge in [0.25, 0.3) is 0 Å². The maximum atomic E-state index is 8.88. The normalized spacial score (nSPS) is 10.6. The van der Waals surface area contributed by atoms with Crippen molar-refractivity contribution in [1.82, 2.24) is 4.98 Å². The zero-order valence-corrected chi connectivity index (χ0v) is 7.97. The standard InChI is InChI=1S/C9H9NO2S/c1-12-6-2-3-8-7(4-6)10-9(5-11)13-8/h2-4,11H,5H2,1H3. The first kappa shape index (κ1) is 8.47. The molecule has 0 aliphatic carbocycles. The molecule has 1 aromatic carbocycles. The number of rotatable bonds is 2. The van der Waals surface area contributed by atoms with Gasteiger partial charge in [-0.3, -0.25) is 0 Å². The molecule has 1 aromatic heterocycles. The van der Waals surface area contributed by atoms with Crippen molar-refractivity contribution in [3.8, 4) is 5.75 Å². The lowest BCUT2D eigenvalue weighted by atomic mass is 10.3. The van der Waals surface area contributed by atoms with Crippen LogP contribution in [0.5, 0.6) is 5.75 Å². The van der Waals surface area contributed by atoms with Crippen molar-refractivity contribution in [3.05, 3.63) is 23.2 Å². The van der Waals surface area contributed by atoms with Crippen molar-refractivity contribution in [1.29, 1.82) is 0 Å². The van der Waals surface area contributed by atoms with Crippen LogP contribution in [-0.2, 0) is 6.61 Å². The average Bonchev–Trinajstić information content (AvgIpc) is 2.58. The van der Waals surface area contributed by atoms with E-state index in [2.05, 4.69) is 4.98 Å². The second-order valence-electron chi connectivity index (χ2n) is 2.60. The lowest BCUT2D eigenvalue weighted by molar-refractivity contribution is 0.281. The molecule has 0 aliphatic rings. The molecule has 2 rings (SSSR count). The SMILES string of the molecule is COc1ccc2sc(CO)nc2c1. The van der Waals surface area contributed by atoms with Crippen LogP contribution in [-0.4, -0.2) is 17.2 Å². The molecule has 4 heteroatoms. The van der Waals surface area contributed by atoms with Crippen molar-refractivity contribution in [3.63, 3.8) is 0 Å². The van der Waals surface area contributed by atoms with E-state index < -0.39 is 0 Å². The quantitative estimate of drug-likeness (QED) is 0.794. The fourth-order valence-corrected chi connectivity index (χ4v) is 1.96. The van der Waals surface area contributed by atoms with E-state index in [1.807, 2.05) is 18.2 Å². The van der Waals surface area contributed by atoms with Gasteiger partial charge in [0.2, 0.25) is 0 Å². The minimum atomic E-state index is 0.00165. The van der Waals surface area contributed by atoms with E-state index in [4.69, 9.17) is 9.84 Å². The molecule has 0 amide bonds. The third-order valence-corrected chi connectivity index (χ3v) is 2.80. The Hall–Kier alpha value is -1.13. The number of aliphatic hydroxyl groups excluding tert-OH is 1. The van der Waals surface area contributed by atoms with Gasteiger partial charge in [0.1, 0.15) is 10.8 Å². The highest BCUT2D eigenvalue weighted by Crippen LogP contribution is 2.25. The summed E-state index contributed by atoms with van der Waals surface area (Å²) in [6.07, 6.45) is 0. The zero-order valence-electron chi connectivity index (χ0n) is 7.15. The largest absolute Gasteiger partial charge is 0.497 e. The van der Waals surface area contributed by atoms with E-state index in [0.717, 1.165) is 21.0 Å². The van der Waals surface area contributed by atoms with Gasteiger partial charge < -0.3 is 9.84 Å². The molecule has 0 radical (unpaired) electrons. The first-order valence-electron chi connectivity index (χ1n) is 3.88. The molecule has 2 aromatic rings. The molecule has 0 fully saturated rings. The molecular formula is C9H9NO2S. The first-order chi connectivity index (χ1) is 6.33. The van der Waals surface area contributed by atoms with Gasteiger partial charge in [-0.15, -0.1) is 11.3 Å². The van der Waals surface area contributed by atoms with Gasteiger partial charge in [-0.25, -0.2) is 4.98 Å². The Bertz CT molecular complexity index is 422. The Morgan fingerprint density at radius 3 is 3.08 bits per heavy atom. The molecule has 0 saturated carbocycles. The smallest absolute Gasteiger partial charge is 0.121 e. The summed E-state index contributed by atoms with van der Waals surface area (Å²) in [6, 6.07) is 5.71. The number of hydrogen-bond acceptors (Lipinski definition) is 4. The molecule has 0 aliphatic heterocycles. The van der Waals surface area contributed by atoms with E-state index in [1.54, 1.807) is 7.11 Å². The van der Waals surface area contributed by atoms with Gasteiger partial charge in [-0.2, -0.15) is 0 Å². The maximum Gasteiger partial charge on any atom is 0.121 e. The van der Waals surface area contributed by atoms with Crippen LogP contribution in [0.15, 0.2) is 18.2 Å². The second kappa shape index (κ2) is 3.32. The summed E-state index contributed by atoms with van der Waals surface area (Å²) in [6.45, 7) is 0.00165. The topological polar surface area (TPSA) is 42.4 Å². The van der Waals surface area contributed by atoms with Crippen LogP contribution in [0.25, 0.3) is 10.2 Å². The van der Waals surface area contributed by atoms with Crippen LogP contribution in [0.1, 0.15) is 5.01 Å². The highest BCUT2D eigenvalue weighted by atomic mass is 32.1. The summed E-state index contributed by atoms with van der Waals surface area (Å²) >= 11 is 1.50. The fourth-order valence-electron chi connectivity index (χ4n) is 1.15. The molecule has 13 heavy (non-hydrogen) atoms. The number of hydrogen-bond donors (Lipinski definition) is 1. The molecule has 1 N–H and O–H groups in total. The molecule has 0 atom stereocenters. The van der Waals surface area contributed by atoms with Gasteiger partial charge in [0, 0.05) is 6.07 Å². The van der Waals surface area contributed by atoms with Crippen molar-refractivity contribution in [2.45, 2.75) is 6.61 Å². The van der Waals surface area contributed by atoms with Crippen molar-refractivity contribution >= 4 is 21.6 Å². The summed E-state index contributed by atoms with van der Waals surface area (Å²) < 4.78 is 6.14. The predicted molar refractivity (Wildman–Crippen MR) is 52.1 cm³/mol. The molecule has 0 bridgehead atoms. The highest BCUT2D eigenvalue weighted by molar-refractivity contribution is 7.18. The number of benzene rings is 1. The molecule has 68 valence electrons. The van der Waals surface area contributed by atoms with E-state index in [9.17, 15) is 0 Å². The third kappa shape index (κ3) is 1.50. The molecular weight excluding hydrogens is 186 g/mol. The van der Waals surface area contributed by atoms with Gasteiger partial charge >= 0.3 is 0 Å². The number of aromatic nitrogens is 1. The highest BCUT2D eigenvalue weighted by Gasteiger charge is 2.03. The van der Waals surface area contributed by atoms with Crippen molar-refractivity contribution in [2.24, 2.45) is 0 Å². The van der Waals surface area contributed by atoms with Crippen LogP contribution in [0, 0.1) is 0 Å². The lowest BCUT2D eigenvalue weighted by Crippen LogP contribution is -1.81. The summed E-state index contributed by atoms with van der Waals surface area (Å²) in [5.74, 6) is 0.794. The Kier molecular flexibility index (Phi) is 2.16. The minimum Gasteiger partial charge on any atom is -0.497 e. The number of ether oxygens (including phenoxy) is 1. The predicted octanol–water partition coefficient (Wildman–Crippen LogP) is 1.80. The van der Waals surface area contributed by atoms with Crippen molar-refractivity contribution in [2.75, 3.05) is 7.11 Å². The summed E-state index contributed by atoms with van der Waals surface area (Å²) in [5, 5.41) is 9.62. The van der Waals surface area contributed by atoms with E-state index in [-0.39, 0.29) is 6.61 Å². The molecule has 0 unspecified atom stereocenters. The molecule has 0 spiro atoms. The maximum absolute atomic E-state index is 8.88. The Balaban J connectivity index is 2.57. The van der Waals surface area contributed by atoms with E-state index in [1.165, 1.54) is 11.3 Å². The number of aliphatic hydroxyl groups is 1.